The van der Waals surface area contributed by atoms with Gasteiger partial charge in [-0.15, -0.1) is 0 Å². The molecule has 0 unspecified atom stereocenters. The van der Waals surface area contributed by atoms with Gasteiger partial charge in [0.05, 0.1) is 0 Å². The summed E-state index contributed by atoms with van der Waals surface area (Å²) in [6, 6.07) is 0. The first kappa shape index (κ1) is 12.9. The van der Waals surface area contributed by atoms with E-state index in [1.54, 1.807) is 0 Å². The van der Waals surface area contributed by atoms with E-state index < -0.39 is 39.3 Å². The molecule has 0 aliphatic heterocycles. The van der Waals surface area contributed by atoms with Crippen LogP contribution in [0.5, 0.6) is 0 Å². The van der Waals surface area contributed by atoms with Crippen LogP contribution in [0.1, 0.15) is 0 Å². The van der Waals surface area contributed by atoms with Crippen LogP contribution in [0.4, 0.5) is 27.6 Å². The van der Waals surface area contributed by atoms with Crippen molar-refractivity contribution < 1.29 is 26.8 Å². The maximum atomic E-state index is 12.9. The summed E-state index contributed by atoms with van der Waals surface area (Å²) in [5.74, 6) is -10.6. The van der Waals surface area contributed by atoms with Crippen LogP contribution in [0.15, 0.2) is 0 Å². The zero-order valence-electron chi connectivity index (χ0n) is 7.08. The molecule has 0 aromatic heterocycles. The lowest BCUT2D eigenvalue weighted by atomic mass is 10.2. The molecule has 9 heteroatoms. The maximum Gasteiger partial charge on any atom is 0.286 e. The molecule has 2 nitrogen and oxygen atoms in total. The molecule has 0 heterocycles. The molecule has 0 amide bonds. The topological polar surface area (TPSA) is 21.3 Å². The molecular weight excluding hydrogens is 277 g/mol. The predicted octanol–water partition coefficient (Wildman–Crippen LogP) is 3.25. The van der Waals surface area contributed by atoms with Crippen molar-refractivity contribution in [2.24, 2.45) is 0 Å². The summed E-state index contributed by atoms with van der Waals surface area (Å²) < 4.78 is 62.9. The first-order chi connectivity index (χ1) is 7.36. The minimum atomic E-state index is -2.27. The lowest BCUT2D eigenvalue weighted by molar-refractivity contribution is 0.360. The van der Waals surface area contributed by atoms with E-state index in [2.05, 4.69) is 17.1 Å². The molecule has 0 radical (unpaired) electrons. The normalized spacial score (nSPS) is 10.1. The van der Waals surface area contributed by atoms with Gasteiger partial charge in [0.1, 0.15) is 5.69 Å². The highest BCUT2D eigenvalue weighted by Crippen LogP contribution is 2.27. The van der Waals surface area contributed by atoms with Crippen molar-refractivity contribution in [3.63, 3.8) is 0 Å². The van der Waals surface area contributed by atoms with Gasteiger partial charge >= 0.3 is 0 Å². The third-order valence-electron chi connectivity index (χ3n) is 1.44. The lowest BCUT2D eigenvalue weighted by Crippen LogP contribution is -2.11. The van der Waals surface area contributed by atoms with Gasteiger partial charge in [-0.05, 0) is 23.8 Å². The summed E-state index contributed by atoms with van der Waals surface area (Å²) in [7, 11) is 0. The highest BCUT2D eigenvalue weighted by molar-refractivity contribution is 7.82. The molecule has 1 aromatic rings. The molecule has 1 N–H and O–H groups in total. The number of nitrogens with one attached hydrogen (secondary N) is 1. The molecule has 1 rings (SSSR count). The average Bonchev–Trinajstić information content (AvgIpc) is 2.23. The third-order valence-corrected chi connectivity index (χ3v) is 1.60. The van der Waals surface area contributed by atoms with E-state index in [1.165, 1.54) is 5.48 Å². The second kappa shape index (κ2) is 4.79. The van der Waals surface area contributed by atoms with E-state index in [-0.39, 0.29) is 0 Å². The van der Waals surface area contributed by atoms with Gasteiger partial charge in [-0.25, -0.2) is 27.4 Å². The van der Waals surface area contributed by atoms with Gasteiger partial charge in [-0.3, -0.25) is 0 Å². The fourth-order valence-corrected chi connectivity index (χ4v) is 0.866. The van der Waals surface area contributed by atoms with E-state index in [0.717, 1.165) is 0 Å². The molecule has 0 aliphatic rings. The van der Waals surface area contributed by atoms with Crippen LogP contribution in [0.3, 0.4) is 0 Å². The van der Waals surface area contributed by atoms with Crippen LogP contribution in [0, 0.1) is 29.1 Å². The van der Waals surface area contributed by atoms with E-state index in [0.29, 0.717) is 0 Å². The Balaban J connectivity index is 3.23. The quantitative estimate of drug-likeness (QED) is 0.224. The fourth-order valence-electron chi connectivity index (χ4n) is 0.786. The number of hydrogen-bond donors (Lipinski definition) is 1. The lowest BCUT2D eigenvalue weighted by Gasteiger charge is -2.09. The number of halogens is 6. The molecule has 16 heavy (non-hydrogen) atoms. The summed E-state index contributed by atoms with van der Waals surface area (Å²) in [5.41, 5.74) is 0.0442. The summed E-state index contributed by atoms with van der Waals surface area (Å²) >= 11 is 9.13. The Morgan fingerprint density at radius 3 is 1.69 bits per heavy atom. The van der Waals surface area contributed by atoms with Crippen LogP contribution in [-0.4, -0.2) is 4.51 Å². The van der Waals surface area contributed by atoms with Crippen molar-refractivity contribution >= 4 is 34.0 Å². The molecule has 0 bridgehead atoms. The minimum absolute atomic E-state index is 0.705. The number of thiocarbonyl (C=S) groups is 1. The summed E-state index contributed by atoms with van der Waals surface area (Å²) in [4.78, 5) is 4.05. The van der Waals surface area contributed by atoms with Crippen LogP contribution in [0.2, 0.25) is 0 Å². The van der Waals surface area contributed by atoms with Gasteiger partial charge in [0.25, 0.3) is 4.51 Å². The second-order valence-corrected chi connectivity index (χ2v) is 3.32. The van der Waals surface area contributed by atoms with Gasteiger partial charge in [0.15, 0.2) is 23.3 Å². The van der Waals surface area contributed by atoms with E-state index in [4.69, 9.17) is 11.6 Å². The Morgan fingerprint density at radius 2 is 1.31 bits per heavy atom. The van der Waals surface area contributed by atoms with Crippen LogP contribution in [-0.2, 0) is 4.84 Å². The summed E-state index contributed by atoms with van der Waals surface area (Å²) in [6.07, 6.45) is 0. The van der Waals surface area contributed by atoms with Gasteiger partial charge in [-0.1, -0.05) is 0 Å². The fraction of sp³-hybridized carbons (Fsp3) is 0. The predicted molar refractivity (Wildman–Crippen MR) is 49.4 cm³/mol. The van der Waals surface area contributed by atoms with Crippen LogP contribution in [0.25, 0.3) is 0 Å². The van der Waals surface area contributed by atoms with Crippen molar-refractivity contribution in [3.05, 3.63) is 29.1 Å². The van der Waals surface area contributed by atoms with Gasteiger partial charge < -0.3 is 4.84 Å². The number of rotatable bonds is 2. The Labute approximate surface area is 95.9 Å². The zero-order valence-corrected chi connectivity index (χ0v) is 8.66. The summed E-state index contributed by atoms with van der Waals surface area (Å²) in [5, 5.41) is 0. The van der Waals surface area contributed by atoms with Crippen molar-refractivity contribution in [1.29, 1.82) is 0 Å². The number of anilines is 1. The molecule has 0 spiro atoms. The molecule has 0 saturated heterocycles. The van der Waals surface area contributed by atoms with E-state index in [9.17, 15) is 22.0 Å². The maximum absolute atomic E-state index is 12.9. The van der Waals surface area contributed by atoms with Gasteiger partial charge in [0.2, 0.25) is 5.82 Å². The second-order valence-electron chi connectivity index (χ2n) is 2.39. The largest absolute Gasteiger partial charge is 0.357 e. The Kier molecular flexibility index (Phi) is 3.87. The van der Waals surface area contributed by atoms with Gasteiger partial charge in [-0.2, -0.15) is 0 Å². The van der Waals surface area contributed by atoms with Crippen molar-refractivity contribution in [3.8, 4) is 0 Å². The molecule has 0 aliphatic carbocycles. The Morgan fingerprint density at radius 1 is 0.938 bits per heavy atom. The molecule has 0 fully saturated rings. The van der Waals surface area contributed by atoms with Gasteiger partial charge in [0, 0.05) is 0 Å². The summed E-state index contributed by atoms with van der Waals surface area (Å²) in [6.45, 7) is 0. The Hall–Kier alpha value is -1.15. The average molecular weight is 278 g/mol. The van der Waals surface area contributed by atoms with E-state index in [1.807, 2.05) is 0 Å². The smallest absolute Gasteiger partial charge is 0.286 e. The SMILES string of the molecule is Fc1c(F)c(F)c(NOC(=S)Cl)c(F)c1F. The zero-order chi connectivity index (χ0) is 12.5. The molecule has 0 atom stereocenters. The van der Waals surface area contributed by atoms with Crippen LogP contribution < -0.4 is 5.48 Å². The molecule has 88 valence electrons. The standard InChI is InChI=1S/C7HClF5NOS/c8-7(16)15-14-6-4(12)2(10)1(9)3(11)5(6)13/h14H. The number of hydrogen-bond acceptors (Lipinski definition) is 3. The first-order valence-corrected chi connectivity index (χ1v) is 4.28. The van der Waals surface area contributed by atoms with Crippen molar-refractivity contribution in [1.82, 2.24) is 0 Å². The monoisotopic (exact) mass is 277 g/mol. The third kappa shape index (κ3) is 2.33. The van der Waals surface area contributed by atoms with Crippen molar-refractivity contribution in [2.75, 3.05) is 5.48 Å². The highest BCUT2D eigenvalue weighted by atomic mass is 35.5. The highest BCUT2D eigenvalue weighted by Gasteiger charge is 2.26. The first-order valence-electron chi connectivity index (χ1n) is 3.50. The van der Waals surface area contributed by atoms with Crippen molar-refractivity contribution in [2.45, 2.75) is 0 Å². The molecule has 0 saturated carbocycles. The number of benzene rings is 1. The molecule has 1 aromatic carbocycles. The minimum Gasteiger partial charge on any atom is -0.357 e. The van der Waals surface area contributed by atoms with E-state index >= 15 is 0 Å². The Bertz CT molecular complexity index is 426. The van der Waals surface area contributed by atoms with Crippen LogP contribution >= 0.6 is 23.8 Å². The molecular formula is C7HClF5NOS.